The number of likely N-dealkylation sites (tertiary alicyclic amines) is 1. The van der Waals surface area contributed by atoms with Crippen LogP contribution in [0.15, 0.2) is 54.7 Å². The molecule has 0 amide bonds. The quantitative estimate of drug-likeness (QED) is 0.606. The van der Waals surface area contributed by atoms with Gasteiger partial charge in [-0.25, -0.2) is 0 Å². The van der Waals surface area contributed by atoms with Gasteiger partial charge in [0.2, 0.25) is 0 Å². The van der Waals surface area contributed by atoms with E-state index in [0.29, 0.717) is 44.0 Å². The molecule has 31 heavy (non-hydrogen) atoms. The van der Waals surface area contributed by atoms with Gasteiger partial charge in [0.15, 0.2) is 11.5 Å². The fourth-order valence-electron chi connectivity index (χ4n) is 4.39. The Kier molecular flexibility index (Phi) is 6.37. The molecule has 1 atom stereocenters. The van der Waals surface area contributed by atoms with Crippen LogP contribution in [-0.4, -0.2) is 47.8 Å². The highest BCUT2D eigenvalue weighted by molar-refractivity contribution is 5.79. The molecule has 1 N–H and O–H groups in total. The third-order valence-electron chi connectivity index (χ3n) is 5.97. The number of hydrogen-bond donors (Lipinski definition) is 1. The number of hydrogen-bond acceptors (Lipinski definition) is 5. The average Bonchev–Trinajstić information content (AvgIpc) is 2.80. The van der Waals surface area contributed by atoms with E-state index in [4.69, 9.17) is 9.47 Å². The van der Waals surface area contributed by atoms with Crippen LogP contribution < -0.4 is 9.47 Å². The minimum Gasteiger partial charge on any atom is -0.493 e. The highest BCUT2D eigenvalue weighted by Crippen LogP contribution is 2.37. The average molecular weight is 421 g/mol. The van der Waals surface area contributed by atoms with E-state index in [-0.39, 0.29) is 12.0 Å². The summed E-state index contributed by atoms with van der Waals surface area (Å²) in [6.07, 6.45) is 3.21. The lowest BCUT2D eigenvalue weighted by molar-refractivity contribution is -0.143. The van der Waals surface area contributed by atoms with Gasteiger partial charge in [-0.3, -0.25) is 14.7 Å². The van der Waals surface area contributed by atoms with E-state index in [1.165, 1.54) is 0 Å². The number of aromatic nitrogens is 1. The summed E-state index contributed by atoms with van der Waals surface area (Å²) in [5.41, 5.74) is 3.12. The molecule has 0 radical (unpaired) electrons. The zero-order valence-electron chi connectivity index (χ0n) is 18.0. The zero-order valence-corrected chi connectivity index (χ0v) is 18.0. The van der Waals surface area contributed by atoms with Crippen LogP contribution in [0.4, 0.5) is 0 Å². The number of pyridine rings is 1. The molecule has 4 rings (SSSR count). The molecule has 2 aromatic carbocycles. The third-order valence-corrected chi connectivity index (χ3v) is 5.97. The van der Waals surface area contributed by atoms with E-state index in [1.54, 1.807) is 7.11 Å². The lowest BCUT2D eigenvalue weighted by atomic mass is 9.91. The number of para-hydroxylation sites is 1. The summed E-state index contributed by atoms with van der Waals surface area (Å²) in [4.78, 5) is 18.5. The Morgan fingerprint density at radius 3 is 2.61 bits per heavy atom. The molecule has 1 aromatic heterocycles. The first-order valence-electron chi connectivity index (χ1n) is 10.7. The Hall–Kier alpha value is -3.12. The normalized spacial score (nSPS) is 16.2. The van der Waals surface area contributed by atoms with Gasteiger partial charge in [0.1, 0.15) is 0 Å². The second kappa shape index (κ2) is 9.35. The number of benzene rings is 2. The van der Waals surface area contributed by atoms with Crippen LogP contribution >= 0.6 is 0 Å². The maximum absolute atomic E-state index is 11.4. The second-order valence-corrected chi connectivity index (χ2v) is 7.86. The fraction of sp³-hybridized carbons (Fsp3) is 0.360. The number of piperidine rings is 1. The van der Waals surface area contributed by atoms with Crippen LogP contribution in [0.25, 0.3) is 10.9 Å². The molecule has 1 aliphatic rings. The monoisotopic (exact) mass is 420 g/mol. The Morgan fingerprint density at radius 2 is 1.90 bits per heavy atom. The molecule has 0 saturated carbocycles. The summed E-state index contributed by atoms with van der Waals surface area (Å²) < 4.78 is 11.3. The first kappa shape index (κ1) is 21.1. The number of carboxylic acids is 1. The van der Waals surface area contributed by atoms with E-state index in [9.17, 15) is 9.90 Å². The third kappa shape index (κ3) is 4.49. The van der Waals surface area contributed by atoms with Gasteiger partial charge in [0.05, 0.1) is 31.2 Å². The van der Waals surface area contributed by atoms with Crippen LogP contribution in [0.1, 0.15) is 36.9 Å². The Balaban J connectivity index is 1.75. The van der Waals surface area contributed by atoms with Crippen molar-refractivity contribution >= 4 is 16.9 Å². The maximum Gasteiger partial charge on any atom is 0.306 e. The van der Waals surface area contributed by atoms with Crippen LogP contribution in [0, 0.1) is 5.92 Å². The zero-order chi connectivity index (χ0) is 21.8. The molecule has 0 spiro atoms. The number of rotatable bonds is 7. The summed E-state index contributed by atoms with van der Waals surface area (Å²) in [5, 5.41) is 10.5. The largest absolute Gasteiger partial charge is 0.493 e. The molecule has 1 fully saturated rings. The van der Waals surface area contributed by atoms with Crippen molar-refractivity contribution in [3.05, 3.63) is 65.9 Å². The molecule has 3 aromatic rings. The molecule has 1 saturated heterocycles. The second-order valence-electron chi connectivity index (χ2n) is 7.86. The van der Waals surface area contributed by atoms with Crippen LogP contribution in [0.2, 0.25) is 0 Å². The Morgan fingerprint density at radius 1 is 1.13 bits per heavy atom. The number of nitrogens with zero attached hydrogens (tertiary/aromatic N) is 2. The summed E-state index contributed by atoms with van der Waals surface area (Å²) in [6, 6.07) is 16.2. The van der Waals surface area contributed by atoms with Crippen molar-refractivity contribution in [1.82, 2.24) is 9.88 Å². The number of carbonyl (C=O) groups is 1. The van der Waals surface area contributed by atoms with Crippen LogP contribution in [0.5, 0.6) is 11.5 Å². The van der Waals surface area contributed by atoms with Crippen LogP contribution in [-0.2, 0) is 4.79 Å². The topological polar surface area (TPSA) is 71.9 Å². The van der Waals surface area contributed by atoms with Gasteiger partial charge in [-0.15, -0.1) is 0 Å². The van der Waals surface area contributed by atoms with E-state index >= 15 is 0 Å². The number of methoxy groups -OCH3 is 1. The molecule has 6 heteroatoms. The van der Waals surface area contributed by atoms with Gasteiger partial charge >= 0.3 is 5.97 Å². The number of aliphatic carboxylic acids is 1. The van der Waals surface area contributed by atoms with Crippen LogP contribution in [0.3, 0.4) is 0 Å². The summed E-state index contributed by atoms with van der Waals surface area (Å²) in [7, 11) is 1.64. The van der Waals surface area contributed by atoms with Crippen molar-refractivity contribution in [1.29, 1.82) is 0 Å². The summed E-state index contributed by atoms with van der Waals surface area (Å²) in [5.74, 6) is 0.431. The number of ether oxygens (including phenoxy) is 2. The van der Waals surface area contributed by atoms with Crippen molar-refractivity contribution in [2.45, 2.75) is 25.8 Å². The van der Waals surface area contributed by atoms with Gasteiger partial charge in [-0.2, -0.15) is 0 Å². The SMILES string of the molecule is CCOc1cc(C(c2cnc3ccccc3c2)N2CCC(C(=O)O)CC2)ccc1OC. The molecule has 162 valence electrons. The standard InChI is InChI=1S/C25H28N2O4/c1-3-31-23-15-19(8-9-22(23)30-2)24(27-12-10-17(11-13-27)25(28)29)20-14-18-6-4-5-7-21(18)26-16-20/h4-9,14-17,24H,3,10-13H2,1-2H3,(H,28,29). The van der Waals surface area contributed by atoms with Crippen molar-refractivity contribution in [2.24, 2.45) is 5.92 Å². The lowest BCUT2D eigenvalue weighted by Crippen LogP contribution is -2.39. The molecular formula is C25H28N2O4. The van der Waals surface area contributed by atoms with Gasteiger partial charge in [-0.1, -0.05) is 24.3 Å². The molecule has 1 aliphatic heterocycles. The smallest absolute Gasteiger partial charge is 0.306 e. The van der Waals surface area contributed by atoms with Gasteiger partial charge in [0, 0.05) is 11.6 Å². The van der Waals surface area contributed by atoms with Gasteiger partial charge in [-0.05, 0) is 68.2 Å². The van der Waals surface area contributed by atoms with E-state index in [0.717, 1.165) is 22.0 Å². The Bertz CT molecular complexity index is 1060. The van der Waals surface area contributed by atoms with Crippen molar-refractivity contribution in [3.8, 4) is 11.5 Å². The molecule has 0 bridgehead atoms. The number of carboxylic acid groups (broad SMARTS) is 1. The predicted molar refractivity (Wildman–Crippen MR) is 120 cm³/mol. The highest BCUT2D eigenvalue weighted by atomic mass is 16.5. The highest BCUT2D eigenvalue weighted by Gasteiger charge is 2.31. The molecule has 6 nitrogen and oxygen atoms in total. The predicted octanol–water partition coefficient (Wildman–Crippen LogP) is 4.53. The minimum atomic E-state index is -0.702. The fourth-order valence-corrected chi connectivity index (χ4v) is 4.39. The van der Waals surface area contributed by atoms with Gasteiger partial charge < -0.3 is 14.6 Å². The summed E-state index contributed by atoms with van der Waals surface area (Å²) in [6.45, 7) is 3.93. The van der Waals surface area contributed by atoms with E-state index in [1.807, 2.05) is 43.5 Å². The van der Waals surface area contributed by atoms with Gasteiger partial charge in [0.25, 0.3) is 0 Å². The molecule has 0 aliphatic carbocycles. The lowest BCUT2D eigenvalue weighted by Gasteiger charge is -2.37. The molecule has 1 unspecified atom stereocenters. The summed E-state index contributed by atoms with van der Waals surface area (Å²) >= 11 is 0. The minimum absolute atomic E-state index is 0.0445. The molecular weight excluding hydrogens is 392 g/mol. The Labute approximate surface area is 182 Å². The molecule has 2 heterocycles. The first-order valence-corrected chi connectivity index (χ1v) is 10.7. The number of fused-ring (bicyclic) bond motifs is 1. The van der Waals surface area contributed by atoms with E-state index in [2.05, 4.69) is 28.1 Å². The van der Waals surface area contributed by atoms with E-state index < -0.39 is 5.97 Å². The first-order chi connectivity index (χ1) is 15.1. The van der Waals surface area contributed by atoms with Crippen molar-refractivity contribution in [3.63, 3.8) is 0 Å². The van der Waals surface area contributed by atoms with Crippen molar-refractivity contribution in [2.75, 3.05) is 26.8 Å². The maximum atomic E-state index is 11.4. The van der Waals surface area contributed by atoms with Crippen molar-refractivity contribution < 1.29 is 19.4 Å².